The van der Waals surface area contributed by atoms with E-state index in [1.807, 2.05) is 18.2 Å². The van der Waals surface area contributed by atoms with Gasteiger partial charge in [0.05, 0.1) is 0 Å². The molecular formula is C19H29BrO. The van der Waals surface area contributed by atoms with Crippen LogP contribution in [0.25, 0.3) is 0 Å². The Hall–Kier alpha value is -0.630. The quantitative estimate of drug-likeness (QED) is 0.244. The highest BCUT2D eigenvalue weighted by atomic mass is 79.9. The Morgan fingerprint density at radius 3 is 2.43 bits per heavy atom. The molecular weight excluding hydrogens is 324 g/mol. The highest BCUT2D eigenvalue weighted by Gasteiger charge is 2.06. The smallest absolute Gasteiger partial charge is 0.150 e. The van der Waals surface area contributed by atoms with Crippen LogP contribution in [-0.2, 0) is 6.42 Å². The third-order valence-electron chi connectivity index (χ3n) is 4.02. The molecule has 0 aliphatic carbocycles. The van der Waals surface area contributed by atoms with E-state index in [-0.39, 0.29) is 0 Å². The topological polar surface area (TPSA) is 17.1 Å². The number of unbranched alkanes of at least 4 members (excludes halogenated alkanes) is 5. The lowest BCUT2D eigenvalue weighted by molar-refractivity contribution is 0.112. The van der Waals surface area contributed by atoms with Gasteiger partial charge in [0, 0.05) is 10.4 Å². The molecule has 1 atom stereocenters. The monoisotopic (exact) mass is 352 g/mol. The number of carbonyl (C=O) groups excluding carboxylic acids is 1. The van der Waals surface area contributed by atoms with E-state index in [2.05, 4.69) is 28.9 Å². The van der Waals surface area contributed by atoms with Crippen molar-refractivity contribution in [1.29, 1.82) is 0 Å². The van der Waals surface area contributed by atoms with Crippen molar-refractivity contribution in [3.63, 3.8) is 0 Å². The Balaban J connectivity index is 2.10. The minimum Gasteiger partial charge on any atom is -0.298 e. The summed E-state index contributed by atoms with van der Waals surface area (Å²) in [4.78, 5) is 11.6. The maximum atomic E-state index is 11.0. The van der Waals surface area contributed by atoms with Crippen LogP contribution in [0.2, 0.25) is 0 Å². The van der Waals surface area contributed by atoms with E-state index >= 15 is 0 Å². The molecule has 0 fully saturated rings. The summed E-state index contributed by atoms with van der Waals surface area (Å²) in [5.41, 5.74) is 2.03. The predicted molar refractivity (Wildman–Crippen MR) is 95.5 cm³/mol. The van der Waals surface area contributed by atoms with Crippen LogP contribution in [0.3, 0.4) is 0 Å². The van der Waals surface area contributed by atoms with Crippen LogP contribution in [0, 0.1) is 0 Å². The van der Waals surface area contributed by atoms with Crippen molar-refractivity contribution in [3.05, 3.63) is 35.4 Å². The van der Waals surface area contributed by atoms with Crippen LogP contribution in [0.1, 0.15) is 80.6 Å². The summed E-state index contributed by atoms with van der Waals surface area (Å²) < 4.78 is 0. The largest absolute Gasteiger partial charge is 0.298 e. The molecule has 0 bridgehead atoms. The minimum absolute atomic E-state index is 0.632. The van der Waals surface area contributed by atoms with Gasteiger partial charge in [-0.25, -0.2) is 0 Å². The summed E-state index contributed by atoms with van der Waals surface area (Å²) in [5, 5.41) is 0. The number of rotatable bonds is 12. The molecule has 0 amide bonds. The number of hydrogen-bond acceptors (Lipinski definition) is 1. The Labute approximate surface area is 138 Å². The maximum absolute atomic E-state index is 11.0. The van der Waals surface area contributed by atoms with Crippen molar-refractivity contribution in [2.24, 2.45) is 0 Å². The van der Waals surface area contributed by atoms with Crippen LogP contribution in [0.15, 0.2) is 24.3 Å². The van der Waals surface area contributed by atoms with E-state index in [0.717, 1.165) is 24.7 Å². The summed E-state index contributed by atoms with van der Waals surface area (Å²) in [6.45, 7) is 2.26. The first-order chi connectivity index (χ1) is 10.3. The maximum Gasteiger partial charge on any atom is 0.150 e. The van der Waals surface area contributed by atoms with Crippen molar-refractivity contribution in [3.8, 4) is 0 Å². The Morgan fingerprint density at radius 1 is 1.00 bits per heavy atom. The molecule has 1 aromatic carbocycles. The van der Waals surface area contributed by atoms with Crippen molar-refractivity contribution < 1.29 is 4.79 Å². The highest BCUT2D eigenvalue weighted by molar-refractivity contribution is 9.09. The molecule has 1 nitrogen and oxygen atoms in total. The second kappa shape index (κ2) is 12.0. The average molecular weight is 353 g/mol. The van der Waals surface area contributed by atoms with Gasteiger partial charge >= 0.3 is 0 Å². The van der Waals surface area contributed by atoms with Crippen LogP contribution in [0.5, 0.6) is 0 Å². The van der Waals surface area contributed by atoms with E-state index in [4.69, 9.17) is 0 Å². The first-order valence-corrected chi connectivity index (χ1v) is 9.36. The molecule has 0 N–H and O–H groups in total. The predicted octanol–water partition coefficient (Wildman–Crippen LogP) is 6.34. The van der Waals surface area contributed by atoms with Crippen molar-refractivity contribution in [1.82, 2.24) is 0 Å². The van der Waals surface area contributed by atoms with Gasteiger partial charge in [0.15, 0.2) is 0 Å². The zero-order valence-corrected chi connectivity index (χ0v) is 14.9. The van der Waals surface area contributed by atoms with Crippen molar-refractivity contribution >= 4 is 22.2 Å². The van der Waals surface area contributed by atoms with E-state index in [1.165, 1.54) is 56.9 Å². The average Bonchev–Trinajstić information content (AvgIpc) is 2.51. The zero-order chi connectivity index (χ0) is 15.3. The number of aryl methyl sites for hydroxylation is 1. The Kier molecular flexibility index (Phi) is 10.5. The number of alkyl halides is 1. The van der Waals surface area contributed by atoms with Gasteiger partial charge in [-0.2, -0.15) is 0 Å². The second-order valence-electron chi connectivity index (χ2n) is 5.86. The van der Waals surface area contributed by atoms with Crippen LogP contribution in [0.4, 0.5) is 0 Å². The summed E-state index contributed by atoms with van der Waals surface area (Å²) in [6, 6.07) is 7.92. The van der Waals surface area contributed by atoms with E-state index in [1.54, 1.807) is 0 Å². The summed E-state index contributed by atoms with van der Waals surface area (Å²) in [6.07, 6.45) is 13.8. The van der Waals surface area contributed by atoms with E-state index in [9.17, 15) is 4.79 Å². The lowest BCUT2D eigenvalue weighted by atomic mass is 10.0. The van der Waals surface area contributed by atoms with E-state index in [0.29, 0.717) is 4.83 Å². The van der Waals surface area contributed by atoms with Crippen molar-refractivity contribution in [2.45, 2.75) is 76.0 Å². The Morgan fingerprint density at radius 2 is 1.67 bits per heavy atom. The number of aldehydes is 1. The fourth-order valence-electron chi connectivity index (χ4n) is 2.68. The molecule has 21 heavy (non-hydrogen) atoms. The Bertz CT molecular complexity index is 389. The number of benzene rings is 1. The molecule has 0 aromatic heterocycles. The fraction of sp³-hybridized carbons (Fsp3) is 0.632. The SMILES string of the molecule is CCCCCCCCC(Br)CCCc1ccccc1C=O. The second-order valence-corrected chi connectivity index (χ2v) is 7.16. The first kappa shape index (κ1) is 18.4. The number of halogens is 1. The number of carbonyl (C=O) groups is 1. The molecule has 0 saturated carbocycles. The van der Waals surface area contributed by atoms with Gasteiger partial charge in [-0.15, -0.1) is 0 Å². The van der Waals surface area contributed by atoms with Gasteiger partial charge in [-0.3, -0.25) is 4.79 Å². The summed E-state index contributed by atoms with van der Waals surface area (Å²) >= 11 is 3.80. The van der Waals surface area contributed by atoms with Crippen LogP contribution >= 0.6 is 15.9 Å². The van der Waals surface area contributed by atoms with Gasteiger partial charge in [-0.1, -0.05) is 85.6 Å². The molecule has 1 rings (SSSR count). The minimum atomic E-state index is 0.632. The van der Waals surface area contributed by atoms with Gasteiger partial charge in [0.1, 0.15) is 6.29 Å². The fourth-order valence-corrected chi connectivity index (χ4v) is 3.33. The highest BCUT2D eigenvalue weighted by Crippen LogP contribution is 2.19. The first-order valence-electron chi connectivity index (χ1n) is 8.45. The molecule has 1 aromatic rings. The zero-order valence-electron chi connectivity index (χ0n) is 13.3. The van der Waals surface area contributed by atoms with Gasteiger partial charge < -0.3 is 0 Å². The normalized spacial score (nSPS) is 12.3. The van der Waals surface area contributed by atoms with Gasteiger partial charge in [-0.05, 0) is 31.2 Å². The molecule has 0 spiro atoms. The molecule has 2 heteroatoms. The molecule has 0 heterocycles. The molecule has 0 saturated heterocycles. The standard InChI is InChI=1S/C19H29BrO/c1-2-3-4-5-6-7-14-19(20)15-10-13-17-11-8-9-12-18(17)16-21/h8-9,11-12,16,19H,2-7,10,13-15H2,1H3. The van der Waals surface area contributed by atoms with Crippen LogP contribution < -0.4 is 0 Å². The van der Waals surface area contributed by atoms with Crippen LogP contribution in [-0.4, -0.2) is 11.1 Å². The van der Waals surface area contributed by atoms with E-state index < -0.39 is 0 Å². The lowest BCUT2D eigenvalue weighted by Crippen LogP contribution is -2.00. The van der Waals surface area contributed by atoms with Gasteiger partial charge in [0.2, 0.25) is 0 Å². The molecule has 1 unspecified atom stereocenters. The molecule has 0 aliphatic rings. The third-order valence-corrected chi connectivity index (χ3v) is 4.93. The summed E-state index contributed by atoms with van der Waals surface area (Å²) in [7, 11) is 0. The molecule has 0 aliphatic heterocycles. The lowest BCUT2D eigenvalue weighted by Gasteiger charge is -2.10. The summed E-state index contributed by atoms with van der Waals surface area (Å²) in [5.74, 6) is 0. The molecule has 0 radical (unpaired) electrons. The van der Waals surface area contributed by atoms with Gasteiger partial charge in [0.25, 0.3) is 0 Å². The third kappa shape index (κ3) is 8.40. The molecule has 118 valence electrons. The number of hydrogen-bond donors (Lipinski definition) is 0. The van der Waals surface area contributed by atoms with Crippen molar-refractivity contribution in [2.75, 3.05) is 0 Å².